The maximum atomic E-state index is 6.25. The summed E-state index contributed by atoms with van der Waals surface area (Å²) in [6, 6.07) is 0. The van der Waals surface area contributed by atoms with E-state index in [-0.39, 0.29) is 5.54 Å². The minimum absolute atomic E-state index is 0.198. The van der Waals surface area contributed by atoms with Gasteiger partial charge >= 0.3 is 0 Å². The number of nitrogens with two attached hydrogens (primary N) is 1. The smallest absolute Gasteiger partial charge is 0.0491 e. The van der Waals surface area contributed by atoms with E-state index in [1.165, 1.54) is 58.2 Å². The minimum atomic E-state index is 0.198. The molecule has 1 saturated carbocycles. The van der Waals surface area contributed by atoms with Crippen molar-refractivity contribution < 1.29 is 4.74 Å². The molecular formula is C13H26N2O. The zero-order chi connectivity index (χ0) is 11.4. The number of hydrogen-bond acceptors (Lipinski definition) is 3. The van der Waals surface area contributed by atoms with Gasteiger partial charge in [0.25, 0.3) is 0 Å². The molecule has 2 N–H and O–H groups in total. The van der Waals surface area contributed by atoms with Crippen LogP contribution in [0.5, 0.6) is 0 Å². The van der Waals surface area contributed by atoms with Crippen molar-refractivity contribution in [1.29, 1.82) is 0 Å². The van der Waals surface area contributed by atoms with Gasteiger partial charge in [-0.2, -0.15) is 0 Å². The van der Waals surface area contributed by atoms with Crippen LogP contribution >= 0.6 is 0 Å². The standard InChI is InChI=1S/C13H26N2O/c1-16-11-12-3-8-15(9-4-12)10-7-13(14)5-2-6-13/h12H,2-11,14H2,1H3. The van der Waals surface area contributed by atoms with Crippen LogP contribution in [0, 0.1) is 5.92 Å². The molecule has 3 nitrogen and oxygen atoms in total. The first-order valence-electron chi connectivity index (χ1n) is 6.72. The Labute approximate surface area is 99.3 Å². The van der Waals surface area contributed by atoms with E-state index >= 15 is 0 Å². The Kier molecular flexibility index (Phi) is 4.22. The van der Waals surface area contributed by atoms with Crippen molar-refractivity contribution in [2.45, 2.75) is 44.1 Å². The number of rotatable bonds is 5. The van der Waals surface area contributed by atoms with Crippen molar-refractivity contribution in [2.75, 3.05) is 33.4 Å². The average Bonchev–Trinajstić information content (AvgIpc) is 2.26. The Hall–Kier alpha value is -0.120. The van der Waals surface area contributed by atoms with Gasteiger partial charge in [-0.1, -0.05) is 0 Å². The third kappa shape index (κ3) is 3.19. The molecule has 0 atom stereocenters. The number of methoxy groups -OCH3 is 1. The van der Waals surface area contributed by atoms with Gasteiger partial charge < -0.3 is 15.4 Å². The van der Waals surface area contributed by atoms with E-state index in [2.05, 4.69) is 4.90 Å². The summed E-state index contributed by atoms with van der Waals surface area (Å²) in [6.07, 6.45) is 7.62. The van der Waals surface area contributed by atoms with Crippen molar-refractivity contribution in [1.82, 2.24) is 4.90 Å². The lowest BCUT2D eigenvalue weighted by molar-refractivity contribution is 0.0913. The molecular weight excluding hydrogens is 200 g/mol. The largest absolute Gasteiger partial charge is 0.384 e. The second kappa shape index (κ2) is 5.48. The van der Waals surface area contributed by atoms with Crippen molar-refractivity contribution >= 4 is 0 Å². The maximum absolute atomic E-state index is 6.25. The summed E-state index contributed by atoms with van der Waals surface area (Å²) in [7, 11) is 1.81. The first-order chi connectivity index (χ1) is 7.72. The fourth-order valence-corrected chi connectivity index (χ4v) is 2.87. The summed E-state index contributed by atoms with van der Waals surface area (Å²) >= 11 is 0. The maximum Gasteiger partial charge on any atom is 0.0491 e. The molecule has 0 amide bonds. The summed E-state index contributed by atoms with van der Waals surface area (Å²) in [5, 5.41) is 0. The Balaban J connectivity index is 1.61. The van der Waals surface area contributed by atoms with Gasteiger partial charge in [0.15, 0.2) is 0 Å². The number of hydrogen-bond donors (Lipinski definition) is 1. The number of ether oxygens (including phenoxy) is 1. The Bertz CT molecular complexity index is 208. The van der Waals surface area contributed by atoms with E-state index in [9.17, 15) is 0 Å². The molecule has 0 aromatic rings. The van der Waals surface area contributed by atoms with Crippen LogP contribution in [0.15, 0.2) is 0 Å². The molecule has 0 unspecified atom stereocenters. The Morgan fingerprint density at radius 2 is 2.00 bits per heavy atom. The molecule has 1 saturated heterocycles. The van der Waals surface area contributed by atoms with Gasteiger partial charge in [-0.05, 0) is 64.1 Å². The van der Waals surface area contributed by atoms with Gasteiger partial charge in [0.1, 0.15) is 0 Å². The molecule has 0 radical (unpaired) electrons. The van der Waals surface area contributed by atoms with Crippen molar-refractivity contribution in [3.63, 3.8) is 0 Å². The minimum Gasteiger partial charge on any atom is -0.384 e. The molecule has 2 aliphatic rings. The van der Waals surface area contributed by atoms with Crippen LogP contribution in [0.2, 0.25) is 0 Å². The molecule has 2 fully saturated rings. The van der Waals surface area contributed by atoms with E-state index in [1.54, 1.807) is 7.11 Å². The molecule has 1 aliphatic heterocycles. The highest BCUT2D eigenvalue weighted by Gasteiger charge is 2.32. The SMILES string of the molecule is COCC1CCN(CCC2(N)CCC2)CC1. The number of nitrogens with zero attached hydrogens (tertiary/aromatic N) is 1. The van der Waals surface area contributed by atoms with E-state index in [0.717, 1.165) is 12.5 Å². The molecule has 3 heteroatoms. The van der Waals surface area contributed by atoms with Gasteiger partial charge in [0.05, 0.1) is 0 Å². The van der Waals surface area contributed by atoms with Gasteiger partial charge in [-0.15, -0.1) is 0 Å². The van der Waals surface area contributed by atoms with Crippen LogP contribution < -0.4 is 5.73 Å². The predicted octanol–water partition coefficient (Wildman–Crippen LogP) is 1.62. The molecule has 0 bridgehead atoms. The predicted molar refractivity (Wildman–Crippen MR) is 66.4 cm³/mol. The van der Waals surface area contributed by atoms with Crippen LogP contribution in [-0.2, 0) is 4.74 Å². The highest BCUT2D eigenvalue weighted by molar-refractivity contribution is 4.93. The van der Waals surface area contributed by atoms with Crippen molar-refractivity contribution in [2.24, 2.45) is 11.7 Å². The van der Waals surface area contributed by atoms with Crippen LogP contribution in [0.25, 0.3) is 0 Å². The van der Waals surface area contributed by atoms with Crippen LogP contribution in [-0.4, -0.2) is 43.8 Å². The Morgan fingerprint density at radius 3 is 2.50 bits per heavy atom. The quantitative estimate of drug-likeness (QED) is 0.774. The molecule has 16 heavy (non-hydrogen) atoms. The second-order valence-electron chi connectivity index (χ2n) is 5.71. The van der Waals surface area contributed by atoms with Gasteiger partial charge in [0, 0.05) is 19.3 Å². The second-order valence-corrected chi connectivity index (χ2v) is 5.71. The van der Waals surface area contributed by atoms with Gasteiger partial charge in [0.2, 0.25) is 0 Å². The van der Waals surface area contributed by atoms with Crippen molar-refractivity contribution in [3.8, 4) is 0 Å². The molecule has 0 spiro atoms. The summed E-state index contributed by atoms with van der Waals surface area (Å²) in [5.41, 5.74) is 6.45. The average molecular weight is 226 g/mol. The van der Waals surface area contributed by atoms with E-state index in [1.807, 2.05) is 0 Å². The first-order valence-corrected chi connectivity index (χ1v) is 6.72. The summed E-state index contributed by atoms with van der Waals surface area (Å²) in [4.78, 5) is 2.58. The summed E-state index contributed by atoms with van der Waals surface area (Å²) < 4.78 is 5.22. The molecule has 2 rings (SSSR count). The fraction of sp³-hybridized carbons (Fsp3) is 1.00. The van der Waals surface area contributed by atoms with E-state index in [0.29, 0.717) is 0 Å². The van der Waals surface area contributed by atoms with E-state index < -0.39 is 0 Å². The topological polar surface area (TPSA) is 38.5 Å². The molecule has 94 valence electrons. The third-order valence-electron chi connectivity index (χ3n) is 4.38. The lowest BCUT2D eigenvalue weighted by Crippen LogP contribution is -2.49. The van der Waals surface area contributed by atoms with Gasteiger partial charge in [-0.25, -0.2) is 0 Å². The third-order valence-corrected chi connectivity index (χ3v) is 4.38. The number of piperidine rings is 1. The van der Waals surface area contributed by atoms with Crippen LogP contribution in [0.1, 0.15) is 38.5 Å². The van der Waals surface area contributed by atoms with Crippen molar-refractivity contribution in [3.05, 3.63) is 0 Å². The molecule has 1 heterocycles. The summed E-state index contributed by atoms with van der Waals surface area (Å²) in [5.74, 6) is 0.789. The van der Waals surface area contributed by atoms with E-state index in [4.69, 9.17) is 10.5 Å². The first kappa shape index (κ1) is 12.3. The zero-order valence-corrected chi connectivity index (χ0v) is 10.6. The molecule has 0 aromatic carbocycles. The summed E-state index contributed by atoms with van der Waals surface area (Å²) in [6.45, 7) is 4.62. The highest BCUT2D eigenvalue weighted by Crippen LogP contribution is 2.32. The Morgan fingerprint density at radius 1 is 1.31 bits per heavy atom. The molecule has 1 aliphatic carbocycles. The highest BCUT2D eigenvalue weighted by atomic mass is 16.5. The lowest BCUT2D eigenvalue weighted by Gasteiger charge is -2.40. The molecule has 0 aromatic heterocycles. The fourth-order valence-electron chi connectivity index (χ4n) is 2.87. The van der Waals surface area contributed by atoms with Crippen LogP contribution in [0.3, 0.4) is 0 Å². The van der Waals surface area contributed by atoms with Crippen LogP contribution in [0.4, 0.5) is 0 Å². The monoisotopic (exact) mass is 226 g/mol. The van der Waals surface area contributed by atoms with Gasteiger partial charge in [-0.3, -0.25) is 0 Å². The lowest BCUT2D eigenvalue weighted by atomic mass is 9.75. The zero-order valence-electron chi connectivity index (χ0n) is 10.6. The number of likely N-dealkylation sites (tertiary alicyclic amines) is 1. The normalized spacial score (nSPS) is 26.6.